The minimum absolute atomic E-state index is 0.0225. The Morgan fingerprint density at radius 2 is 1.82 bits per heavy atom. The van der Waals surface area contributed by atoms with Crippen molar-refractivity contribution < 1.29 is 30.0 Å². The molecule has 0 radical (unpaired) electrons. The molecule has 5 unspecified atom stereocenters. The van der Waals surface area contributed by atoms with Crippen molar-refractivity contribution in [2.75, 3.05) is 7.11 Å². The van der Waals surface area contributed by atoms with Gasteiger partial charge in [0.1, 0.15) is 23.9 Å². The second-order valence-corrected chi connectivity index (χ2v) is 9.11. The van der Waals surface area contributed by atoms with Crippen molar-refractivity contribution >= 4 is 5.97 Å². The third-order valence-corrected chi connectivity index (χ3v) is 6.25. The number of esters is 1. The van der Waals surface area contributed by atoms with Gasteiger partial charge in [0.25, 0.3) is 0 Å². The number of carbonyl (C=O) groups excluding carboxylic acids is 1. The highest BCUT2D eigenvalue weighted by Gasteiger charge is 2.62. The molecule has 0 aromatic heterocycles. The molecular weight excluding hydrogens is 362 g/mol. The van der Waals surface area contributed by atoms with Gasteiger partial charge in [-0.25, -0.2) is 0 Å². The summed E-state index contributed by atoms with van der Waals surface area (Å²) < 4.78 is 4.91. The van der Waals surface area contributed by atoms with Crippen molar-refractivity contribution in [3.8, 4) is 0 Å². The molecule has 0 bridgehead atoms. The van der Waals surface area contributed by atoms with Gasteiger partial charge in [0.2, 0.25) is 0 Å². The van der Waals surface area contributed by atoms with E-state index in [-0.39, 0.29) is 18.3 Å². The maximum absolute atomic E-state index is 12.4. The molecule has 1 aromatic rings. The summed E-state index contributed by atoms with van der Waals surface area (Å²) in [6, 6.07) is 6.60. The topological polar surface area (TPSA) is 110 Å². The summed E-state index contributed by atoms with van der Waals surface area (Å²) in [6.45, 7) is 6.75. The van der Waals surface area contributed by atoms with Gasteiger partial charge in [-0.2, -0.15) is 0 Å². The monoisotopic (exact) mass is 393 g/mol. The Bertz CT molecular complexity index is 715. The standard InChI is InChI=1S/C21H31NO6/c1-20(2,3)13-7-5-12(6-8-13)11-22-14(19(26)28-4)10-21(27)16(22)9-15(23)17(24)18(21)25/h5-8,14-18,23-25,27H,9-11H2,1-4H3/t14?,15?,16?,17?,18?,21-/m0/s1. The number of ether oxygens (including phenoxy) is 1. The summed E-state index contributed by atoms with van der Waals surface area (Å²) in [7, 11) is 1.28. The summed E-state index contributed by atoms with van der Waals surface area (Å²) in [6.07, 6.45) is -4.17. The number of carbonyl (C=O) groups is 1. The summed E-state index contributed by atoms with van der Waals surface area (Å²) in [5.41, 5.74) is 0.462. The van der Waals surface area contributed by atoms with Gasteiger partial charge in [-0.15, -0.1) is 0 Å². The molecule has 7 heteroatoms. The second kappa shape index (κ2) is 7.39. The highest BCUT2D eigenvalue weighted by molar-refractivity contribution is 5.76. The molecule has 2 aliphatic rings. The summed E-state index contributed by atoms with van der Waals surface area (Å²) >= 11 is 0. The van der Waals surface area contributed by atoms with Crippen LogP contribution in [0.5, 0.6) is 0 Å². The molecule has 156 valence electrons. The fraction of sp³-hybridized carbons (Fsp3) is 0.667. The van der Waals surface area contributed by atoms with Crippen LogP contribution in [0.15, 0.2) is 24.3 Å². The van der Waals surface area contributed by atoms with Crippen molar-refractivity contribution in [3.63, 3.8) is 0 Å². The third kappa shape index (κ3) is 3.57. The lowest BCUT2D eigenvalue weighted by Gasteiger charge is -2.45. The maximum atomic E-state index is 12.4. The predicted octanol–water partition coefficient (Wildman–Crippen LogP) is 0.317. The number of fused-ring (bicyclic) bond motifs is 1. The number of benzene rings is 1. The first kappa shape index (κ1) is 21.2. The van der Waals surface area contributed by atoms with Crippen molar-refractivity contribution in [1.82, 2.24) is 4.90 Å². The van der Waals surface area contributed by atoms with Gasteiger partial charge in [0, 0.05) is 19.0 Å². The van der Waals surface area contributed by atoms with Gasteiger partial charge < -0.3 is 25.2 Å². The molecule has 1 aliphatic heterocycles. The number of likely N-dealkylation sites (tertiary alicyclic amines) is 1. The summed E-state index contributed by atoms with van der Waals surface area (Å²) in [4.78, 5) is 14.1. The first-order valence-corrected chi connectivity index (χ1v) is 9.68. The number of methoxy groups -OCH3 is 1. The van der Waals surface area contributed by atoms with Crippen molar-refractivity contribution in [3.05, 3.63) is 35.4 Å². The van der Waals surface area contributed by atoms with E-state index in [1.807, 2.05) is 24.3 Å². The highest BCUT2D eigenvalue weighted by Crippen LogP contribution is 2.44. The van der Waals surface area contributed by atoms with E-state index in [0.717, 1.165) is 5.56 Å². The molecule has 3 rings (SSSR count). The van der Waals surface area contributed by atoms with E-state index >= 15 is 0 Å². The van der Waals surface area contributed by atoms with Gasteiger partial charge in [0.05, 0.1) is 13.2 Å². The average Bonchev–Trinajstić information content (AvgIpc) is 2.92. The van der Waals surface area contributed by atoms with Crippen LogP contribution < -0.4 is 0 Å². The number of hydrogen-bond donors (Lipinski definition) is 4. The van der Waals surface area contributed by atoms with E-state index in [1.54, 1.807) is 4.90 Å². The second-order valence-electron chi connectivity index (χ2n) is 9.11. The Kier molecular flexibility index (Phi) is 5.59. The molecular formula is C21H31NO6. The van der Waals surface area contributed by atoms with Crippen molar-refractivity contribution in [1.29, 1.82) is 0 Å². The fourth-order valence-electron chi connectivity index (χ4n) is 4.50. The smallest absolute Gasteiger partial charge is 0.323 e. The van der Waals surface area contributed by atoms with E-state index in [0.29, 0.717) is 6.54 Å². The maximum Gasteiger partial charge on any atom is 0.323 e. The Balaban J connectivity index is 1.91. The summed E-state index contributed by atoms with van der Waals surface area (Å²) in [5, 5.41) is 41.7. The molecule has 2 fully saturated rings. The lowest BCUT2D eigenvalue weighted by Crippen LogP contribution is -2.64. The van der Waals surface area contributed by atoms with E-state index < -0.39 is 42.0 Å². The SMILES string of the molecule is COC(=O)C1C[C@@]2(O)C(O)C(O)C(O)CC2N1Cc1ccc(C(C)(C)C)cc1. The van der Waals surface area contributed by atoms with Crippen LogP contribution >= 0.6 is 0 Å². The lowest BCUT2D eigenvalue weighted by atomic mass is 9.75. The van der Waals surface area contributed by atoms with Crippen molar-refractivity contribution in [2.45, 2.75) is 81.6 Å². The average molecular weight is 393 g/mol. The molecule has 28 heavy (non-hydrogen) atoms. The van der Waals surface area contributed by atoms with Gasteiger partial charge >= 0.3 is 5.97 Å². The normalized spacial score (nSPS) is 36.2. The Morgan fingerprint density at radius 1 is 1.21 bits per heavy atom. The molecule has 7 nitrogen and oxygen atoms in total. The quantitative estimate of drug-likeness (QED) is 0.547. The molecule has 1 aliphatic carbocycles. The van der Waals surface area contributed by atoms with E-state index in [1.165, 1.54) is 12.7 Å². The zero-order valence-electron chi connectivity index (χ0n) is 16.9. The van der Waals surface area contributed by atoms with E-state index in [9.17, 15) is 25.2 Å². The van der Waals surface area contributed by atoms with Crippen LogP contribution in [0.4, 0.5) is 0 Å². The largest absolute Gasteiger partial charge is 0.468 e. The van der Waals surface area contributed by atoms with E-state index in [4.69, 9.17) is 4.74 Å². The minimum Gasteiger partial charge on any atom is -0.468 e. The zero-order chi connectivity index (χ0) is 20.9. The van der Waals surface area contributed by atoms with Gasteiger partial charge in [-0.1, -0.05) is 45.0 Å². The first-order chi connectivity index (χ1) is 13.0. The summed E-state index contributed by atoms with van der Waals surface area (Å²) in [5.74, 6) is -0.509. The van der Waals surface area contributed by atoms with Crippen LogP contribution in [-0.2, 0) is 21.5 Å². The van der Waals surface area contributed by atoms with Crippen LogP contribution in [0.2, 0.25) is 0 Å². The van der Waals surface area contributed by atoms with Crippen LogP contribution in [0.3, 0.4) is 0 Å². The lowest BCUT2D eigenvalue weighted by molar-refractivity contribution is -0.197. The van der Waals surface area contributed by atoms with Gasteiger partial charge in [-0.3, -0.25) is 9.69 Å². The van der Waals surface area contributed by atoms with E-state index in [2.05, 4.69) is 20.8 Å². The molecule has 4 N–H and O–H groups in total. The Morgan fingerprint density at radius 3 is 2.36 bits per heavy atom. The molecule has 6 atom stereocenters. The number of aliphatic hydroxyl groups is 4. The predicted molar refractivity (Wildman–Crippen MR) is 102 cm³/mol. The van der Waals surface area contributed by atoms with Crippen LogP contribution in [0.25, 0.3) is 0 Å². The van der Waals surface area contributed by atoms with Crippen LogP contribution in [0.1, 0.15) is 44.7 Å². The van der Waals surface area contributed by atoms with Crippen LogP contribution in [0, 0.1) is 0 Å². The van der Waals surface area contributed by atoms with Gasteiger partial charge in [-0.05, 0) is 23.0 Å². The van der Waals surface area contributed by atoms with Gasteiger partial charge in [0.15, 0.2) is 0 Å². The van der Waals surface area contributed by atoms with Crippen LogP contribution in [-0.4, -0.2) is 74.4 Å². The minimum atomic E-state index is -1.69. The Labute approximate surface area is 165 Å². The molecule has 1 heterocycles. The number of rotatable bonds is 3. The van der Waals surface area contributed by atoms with Crippen molar-refractivity contribution in [2.24, 2.45) is 0 Å². The number of hydrogen-bond acceptors (Lipinski definition) is 7. The zero-order valence-corrected chi connectivity index (χ0v) is 16.9. The Hall–Kier alpha value is -1.51. The molecule has 1 saturated carbocycles. The third-order valence-electron chi connectivity index (χ3n) is 6.25. The molecule has 0 spiro atoms. The fourth-order valence-corrected chi connectivity index (χ4v) is 4.50. The molecule has 1 saturated heterocycles. The molecule has 1 aromatic carbocycles. The number of nitrogens with zero attached hydrogens (tertiary/aromatic N) is 1. The number of aliphatic hydroxyl groups excluding tert-OH is 3. The first-order valence-electron chi connectivity index (χ1n) is 9.68. The molecule has 0 amide bonds. The highest BCUT2D eigenvalue weighted by atomic mass is 16.5.